The zero-order chi connectivity index (χ0) is 12.7. The highest BCUT2D eigenvalue weighted by Gasteiger charge is 2.21. The van der Waals surface area contributed by atoms with Gasteiger partial charge in [0.1, 0.15) is 0 Å². The van der Waals surface area contributed by atoms with Crippen molar-refractivity contribution in [1.82, 2.24) is 0 Å². The van der Waals surface area contributed by atoms with Gasteiger partial charge in [0.05, 0.1) is 11.4 Å². The minimum absolute atomic E-state index is 0.0172. The zero-order valence-electron chi connectivity index (χ0n) is 9.83. The minimum Gasteiger partial charge on any atom is -0.205 e. The molecule has 0 atom stereocenters. The molecule has 0 heterocycles. The van der Waals surface area contributed by atoms with Crippen molar-refractivity contribution in [3.63, 3.8) is 0 Å². The predicted octanol–water partition coefficient (Wildman–Crippen LogP) is 2.49. The summed E-state index contributed by atoms with van der Waals surface area (Å²) in [5, 5.41) is 8.97. The van der Waals surface area contributed by atoms with Gasteiger partial charge in [-0.3, -0.25) is 0 Å². The van der Waals surface area contributed by atoms with E-state index >= 15 is 0 Å². The highest BCUT2D eigenvalue weighted by Crippen LogP contribution is 2.17. The molecule has 0 fully saturated rings. The smallest absolute Gasteiger partial charge is 0.205 e. The topological polar surface area (TPSA) is 61.2 Å². The molecule has 0 spiro atoms. The van der Waals surface area contributed by atoms with E-state index in [9.17, 15) is 8.42 Å². The third-order valence-electron chi connectivity index (χ3n) is 2.37. The van der Waals surface area contributed by atoms with E-state index in [0.29, 0.717) is 12.1 Å². The van der Waals surface area contributed by atoms with Crippen LogP contribution in [0.15, 0.2) is 30.3 Å². The lowest BCUT2D eigenvalue weighted by Crippen LogP contribution is -2.28. The Hall–Kier alpha value is -1.54. The quantitative estimate of drug-likeness (QED) is 0.444. The number of nitrogens with zero attached hydrogens (tertiary/aromatic N) is 2. The first-order valence-corrected chi connectivity index (χ1v) is 7.20. The number of nitriles is 1. The van der Waals surface area contributed by atoms with Crippen LogP contribution in [0, 0.1) is 11.5 Å². The minimum atomic E-state index is -3.53. The first-order valence-electron chi connectivity index (χ1n) is 5.59. The van der Waals surface area contributed by atoms with Crippen LogP contribution in [0.3, 0.4) is 0 Å². The highest BCUT2D eigenvalue weighted by atomic mass is 32.2. The largest absolute Gasteiger partial charge is 0.247 e. The number of hydrogen-bond donors (Lipinski definition) is 0. The van der Waals surface area contributed by atoms with Gasteiger partial charge in [-0.25, -0.2) is 8.42 Å². The Morgan fingerprint density at radius 2 is 1.88 bits per heavy atom. The van der Waals surface area contributed by atoms with Crippen LogP contribution in [0.2, 0.25) is 0 Å². The zero-order valence-corrected chi connectivity index (χ0v) is 10.7. The molecule has 4 nitrogen and oxygen atoms in total. The molecule has 0 unspecified atom stereocenters. The third kappa shape index (κ3) is 3.75. The Kier molecular flexibility index (Phi) is 4.98. The van der Waals surface area contributed by atoms with Gasteiger partial charge in [-0.05, 0) is 18.6 Å². The second-order valence-electron chi connectivity index (χ2n) is 3.72. The summed E-state index contributed by atoms with van der Waals surface area (Å²) in [5.41, 5.74) is 0.395. The Labute approximate surface area is 103 Å². The molecule has 0 radical (unpaired) electrons. The number of rotatable bonds is 6. The van der Waals surface area contributed by atoms with Crippen molar-refractivity contribution in [1.29, 1.82) is 5.26 Å². The molecule has 0 aliphatic carbocycles. The van der Waals surface area contributed by atoms with Gasteiger partial charge in [0.25, 0.3) is 0 Å². The fourth-order valence-corrected chi connectivity index (χ4v) is 2.79. The first kappa shape index (κ1) is 13.5. The van der Waals surface area contributed by atoms with Crippen molar-refractivity contribution in [2.24, 2.45) is 0 Å². The number of hydrogen-bond acceptors (Lipinski definition) is 3. The molecule has 0 aliphatic rings. The van der Waals surface area contributed by atoms with Crippen LogP contribution < -0.4 is 4.31 Å². The number of sulfonamides is 1. The van der Waals surface area contributed by atoms with Crippen LogP contribution in [0.5, 0.6) is 0 Å². The van der Waals surface area contributed by atoms with Crippen LogP contribution in [0.1, 0.15) is 26.2 Å². The molecule has 0 bridgehead atoms. The van der Waals surface area contributed by atoms with E-state index < -0.39 is 10.0 Å². The van der Waals surface area contributed by atoms with Crippen molar-refractivity contribution < 1.29 is 8.42 Å². The lowest BCUT2D eigenvalue weighted by Gasteiger charge is -2.15. The molecule has 0 amide bonds. The maximum absolute atomic E-state index is 11.9. The van der Waals surface area contributed by atoms with Crippen LogP contribution in [-0.2, 0) is 10.0 Å². The monoisotopic (exact) mass is 252 g/mol. The second-order valence-corrected chi connectivity index (χ2v) is 5.66. The standard InChI is InChI=1S/C12H16N2O2S/c1-2-3-7-10-17(15,16)14(11-13)12-8-5-4-6-9-12/h4-6,8-9H,2-3,7,10H2,1H3. The number of para-hydroxylation sites is 1. The third-order valence-corrected chi connectivity index (χ3v) is 4.02. The maximum Gasteiger partial charge on any atom is 0.247 e. The molecule has 5 heteroatoms. The average Bonchev–Trinajstić information content (AvgIpc) is 2.31. The molecule has 0 saturated heterocycles. The van der Waals surface area contributed by atoms with E-state index in [1.54, 1.807) is 36.5 Å². The second kappa shape index (κ2) is 6.26. The van der Waals surface area contributed by atoms with Crippen molar-refractivity contribution >= 4 is 15.7 Å². The lowest BCUT2D eigenvalue weighted by atomic mass is 10.3. The number of benzene rings is 1. The summed E-state index contributed by atoms with van der Waals surface area (Å²) in [5.74, 6) is 0.0172. The summed E-state index contributed by atoms with van der Waals surface area (Å²) in [6.45, 7) is 2.01. The SMILES string of the molecule is CCCCCS(=O)(=O)N(C#N)c1ccccc1. The fourth-order valence-electron chi connectivity index (χ4n) is 1.47. The van der Waals surface area contributed by atoms with E-state index in [0.717, 1.165) is 17.1 Å². The normalized spacial score (nSPS) is 10.8. The molecule has 0 aromatic heterocycles. The van der Waals surface area contributed by atoms with Crippen molar-refractivity contribution in [2.45, 2.75) is 26.2 Å². The van der Waals surface area contributed by atoms with Gasteiger partial charge in [0.2, 0.25) is 10.0 Å². The fraction of sp³-hybridized carbons (Fsp3) is 0.417. The van der Waals surface area contributed by atoms with E-state index in [2.05, 4.69) is 0 Å². The van der Waals surface area contributed by atoms with Gasteiger partial charge in [-0.1, -0.05) is 38.0 Å². The summed E-state index contributed by atoms with van der Waals surface area (Å²) >= 11 is 0. The molecule has 1 aromatic carbocycles. The van der Waals surface area contributed by atoms with E-state index in [4.69, 9.17) is 5.26 Å². The molecule has 1 aromatic rings. The Bertz CT molecular complexity index is 477. The van der Waals surface area contributed by atoms with Crippen molar-refractivity contribution in [3.8, 4) is 6.19 Å². The van der Waals surface area contributed by atoms with Crippen LogP contribution in [-0.4, -0.2) is 14.2 Å². The van der Waals surface area contributed by atoms with Crippen molar-refractivity contribution in [2.75, 3.05) is 10.1 Å². The molecule has 0 aliphatic heterocycles. The van der Waals surface area contributed by atoms with E-state index in [1.165, 1.54) is 0 Å². The number of anilines is 1. The summed E-state index contributed by atoms with van der Waals surface area (Å²) in [6, 6.07) is 8.42. The van der Waals surface area contributed by atoms with Gasteiger partial charge in [-0.15, -0.1) is 0 Å². The van der Waals surface area contributed by atoms with Crippen LogP contribution >= 0.6 is 0 Å². The van der Waals surface area contributed by atoms with Gasteiger partial charge in [0, 0.05) is 0 Å². The van der Waals surface area contributed by atoms with Gasteiger partial charge < -0.3 is 0 Å². The Morgan fingerprint density at radius 3 is 2.41 bits per heavy atom. The van der Waals surface area contributed by atoms with E-state index in [1.807, 2.05) is 6.92 Å². The summed E-state index contributed by atoms with van der Waals surface area (Å²) < 4.78 is 24.7. The Morgan fingerprint density at radius 1 is 1.24 bits per heavy atom. The lowest BCUT2D eigenvalue weighted by molar-refractivity contribution is 0.591. The van der Waals surface area contributed by atoms with Crippen molar-refractivity contribution in [3.05, 3.63) is 30.3 Å². The Balaban J connectivity index is 2.85. The van der Waals surface area contributed by atoms with Gasteiger partial charge in [0.15, 0.2) is 6.19 Å². The summed E-state index contributed by atoms with van der Waals surface area (Å²) in [7, 11) is -3.53. The van der Waals surface area contributed by atoms with Crippen LogP contribution in [0.25, 0.3) is 0 Å². The molecular formula is C12H16N2O2S. The first-order chi connectivity index (χ1) is 8.11. The summed E-state index contributed by atoms with van der Waals surface area (Å²) in [6.07, 6.45) is 4.12. The molecule has 1 rings (SSSR count). The van der Waals surface area contributed by atoms with Crippen LogP contribution in [0.4, 0.5) is 5.69 Å². The molecular weight excluding hydrogens is 236 g/mol. The van der Waals surface area contributed by atoms with E-state index in [-0.39, 0.29) is 5.75 Å². The predicted molar refractivity (Wildman–Crippen MR) is 67.8 cm³/mol. The number of unbranched alkanes of at least 4 members (excludes halogenated alkanes) is 2. The molecule has 92 valence electrons. The van der Waals surface area contributed by atoms with Gasteiger partial charge >= 0.3 is 0 Å². The van der Waals surface area contributed by atoms with Gasteiger partial charge in [-0.2, -0.15) is 9.57 Å². The maximum atomic E-state index is 11.9. The molecule has 0 saturated carbocycles. The molecule has 0 N–H and O–H groups in total. The highest BCUT2D eigenvalue weighted by molar-refractivity contribution is 7.93. The average molecular weight is 252 g/mol. The molecule has 17 heavy (non-hydrogen) atoms. The summed E-state index contributed by atoms with van der Waals surface area (Å²) in [4.78, 5) is 0.